The number of ether oxygens (including phenoxy) is 1. The number of carbonyl (C=O) groups is 1. The van der Waals surface area contributed by atoms with E-state index in [1.165, 1.54) is 28.4 Å². The van der Waals surface area contributed by atoms with Crippen LogP contribution in [0.5, 0.6) is 5.75 Å². The number of likely N-dealkylation sites (N-methyl/N-ethyl adjacent to an activating group) is 1. The van der Waals surface area contributed by atoms with E-state index >= 15 is 0 Å². The summed E-state index contributed by atoms with van der Waals surface area (Å²) in [5, 5.41) is 0.558. The Kier molecular flexibility index (Phi) is 5.49. The second-order valence-electron chi connectivity index (χ2n) is 6.22. The number of para-hydroxylation sites is 1. The normalized spacial score (nSPS) is 11.1. The number of halogens is 1. The predicted octanol–water partition coefficient (Wildman–Crippen LogP) is 2.24. The van der Waals surface area contributed by atoms with Crippen LogP contribution in [0.2, 0.25) is 0 Å². The lowest BCUT2D eigenvalue weighted by atomic mass is 10.1. The number of amides is 1. The fourth-order valence-electron chi connectivity index (χ4n) is 2.59. The molecule has 0 aliphatic rings. The number of quaternary nitrogens is 1. The Morgan fingerprint density at radius 1 is 1.27 bits per heavy atom. The molecule has 5 nitrogen and oxygen atoms in total. The summed E-state index contributed by atoms with van der Waals surface area (Å²) in [7, 11) is 5.60. The predicted molar refractivity (Wildman–Crippen MR) is 102 cm³/mol. The van der Waals surface area contributed by atoms with Crippen LogP contribution in [0.1, 0.15) is 10.4 Å². The molecule has 3 aromatic rings. The summed E-state index contributed by atoms with van der Waals surface area (Å²) in [6.07, 6.45) is 0. The molecule has 0 spiro atoms. The monoisotopic (exact) mass is 374 g/mol. The molecular formula is C19H21FN3O2S+. The number of methoxy groups -OCH3 is 1. The third-order valence-corrected chi connectivity index (χ3v) is 5.03. The summed E-state index contributed by atoms with van der Waals surface area (Å²) in [4.78, 5) is 20.6. The fourth-order valence-corrected chi connectivity index (χ4v) is 3.60. The van der Waals surface area contributed by atoms with E-state index < -0.39 is 0 Å². The van der Waals surface area contributed by atoms with E-state index in [4.69, 9.17) is 4.74 Å². The van der Waals surface area contributed by atoms with Crippen molar-refractivity contribution in [2.45, 2.75) is 0 Å². The van der Waals surface area contributed by atoms with Gasteiger partial charge < -0.3 is 9.64 Å². The highest BCUT2D eigenvalue weighted by Gasteiger charge is 2.24. The summed E-state index contributed by atoms with van der Waals surface area (Å²) >= 11 is 1.31. The van der Waals surface area contributed by atoms with Crippen LogP contribution < -0.4 is 14.5 Å². The van der Waals surface area contributed by atoms with Crippen molar-refractivity contribution in [2.24, 2.45) is 0 Å². The molecule has 0 radical (unpaired) electrons. The smallest absolute Gasteiger partial charge is 0.264 e. The fraction of sp³-hybridized carbons (Fsp3) is 0.263. The highest BCUT2D eigenvalue weighted by atomic mass is 32.1. The van der Waals surface area contributed by atoms with E-state index in [1.807, 2.05) is 20.2 Å². The summed E-state index contributed by atoms with van der Waals surface area (Å²) in [6, 6.07) is 11.6. The van der Waals surface area contributed by atoms with Gasteiger partial charge in [-0.15, -0.1) is 0 Å². The first-order valence-corrected chi connectivity index (χ1v) is 9.11. The molecule has 0 bridgehead atoms. The molecule has 0 atom stereocenters. The first-order chi connectivity index (χ1) is 12.5. The number of thiazole rings is 1. The molecule has 0 saturated carbocycles. The van der Waals surface area contributed by atoms with Crippen LogP contribution in [0, 0.1) is 5.82 Å². The topological polar surface area (TPSA) is 46.9 Å². The van der Waals surface area contributed by atoms with Gasteiger partial charge in [-0.05, 0) is 30.3 Å². The maximum atomic E-state index is 13.5. The lowest BCUT2D eigenvalue weighted by Gasteiger charge is -2.21. The second-order valence-corrected chi connectivity index (χ2v) is 7.23. The van der Waals surface area contributed by atoms with Crippen molar-refractivity contribution < 1.29 is 18.8 Å². The number of anilines is 1. The molecule has 1 heterocycles. The van der Waals surface area contributed by atoms with Crippen LogP contribution in [0.4, 0.5) is 9.52 Å². The average Bonchev–Trinajstić information content (AvgIpc) is 3.04. The van der Waals surface area contributed by atoms with Crippen molar-refractivity contribution in [1.29, 1.82) is 0 Å². The van der Waals surface area contributed by atoms with Crippen LogP contribution in [0.3, 0.4) is 0 Å². The summed E-state index contributed by atoms with van der Waals surface area (Å²) < 4.78 is 19.6. The van der Waals surface area contributed by atoms with Gasteiger partial charge in [-0.1, -0.05) is 23.5 Å². The minimum atomic E-state index is -0.312. The van der Waals surface area contributed by atoms with Gasteiger partial charge in [0.25, 0.3) is 5.91 Å². The van der Waals surface area contributed by atoms with Crippen molar-refractivity contribution in [3.05, 3.63) is 53.8 Å². The van der Waals surface area contributed by atoms with E-state index in [1.54, 1.807) is 36.3 Å². The maximum Gasteiger partial charge on any atom is 0.264 e. The van der Waals surface area contributed by atoms with Crippen molar-refractivity contribution in [3.63, 3.8) is 0 Å². The van der Waals surface area contributed by atoms with Crippen LogP contribution in [-0.4, -0.2) is 45.2 Å². The van der Waals surface area contributed by atoms with Crippen molar-refractivity contribution >= 4 is 32.6 Å². The summed E-state index contributed by atoms with van der Waals surface area (Å²) in [5.41, 5.74) is 1.16. The van der Waals surface area contributed by atoms with Crippen molar-refractivity contribution in [1.82, 2.24) is 4.98 Å². The Morgan fingerprint density at radius 3 is 2.77 bits per heavy atom. The third-order valence-electron chi connectivity index (χ3n) is 3.99. The van der Waals surface area contributed by atoms with E-state index in [0.29, 0.717) is 28.5 Å². The molecule has 0 aliphatic heterocycles. The SMILES string of the molecule is COc1ccccc1C(=O)N(CC[NH+](C)C)c1nc2ccc(F)cc2s1. The second kappa shape index (κ2) is 7.80. The zero-order chi connectivity index (χ0) is 18.7. The van der Waals surface area contributed by atoms with Gasteiger partial charge in [0.2, 0.25) is 0 Å². The molecule has 0 aliphatic carbocycles. The highest BCUT2D eigenvalue weighted by Crippen LogP contribution is 2.31. The van der Waals surface area contributed by atoms with Gasteiger partial charge in [0, 0.05) is 0 Å². The van der Waals surface area contributed by atoms with Crippen molar-refractivity contribution in [2.75, 3.05) is 39.2 Å². The van der Waals surface area contributed by atoms with Gasteiger partial charge in [0.05, 0.1) is 50.1 Å². The number of aromatic nitrogens is 1. The Balaban J connectivity index is 2.01. The molecule has 3 rings (SSSR count). The maximum absolute atomic E-state index is 13.5. The van der Waals surface area contributed by atoms with E-state index in [2.05, 4.69) is 4.98 Å². The summed E-state index contributed by atoms with van der Waals surface area (Å²) in [6.45, 7) is 1.26. The zero-order valence-corrected chi connectivity index (χ0v) is 15.8. The Labute approximate surface area is 155 Å². The van der Waals surface area contributed by atoms with E-state index in [-0.39, 0.29) is 11.7 Å². The van der Waals surface area contributed by atoms with Crippen molar-refractivity contribution in [3.8, 4) is 5.75 Å². The van der Waals surface area contributed by atoms with Gasteiger partial charge in [-0.3, -0.25) is 9.69 Å². The van der Waals surface area contributed by atoms with Crippen LogP contribution in [0.15, 0.2) is 42.5 Å². The Bertz CT molecular complexity index is 926. The molecule has 1 N–H and O–H groups in total. The molecule has 1 aromatic heterocycles. The third kappa shape index (κ3) is 3.84. The minimum absolute atomic E-state index is 0.178. The highest BCUT2D eigenvalue weighted by molar-refractivity contribution is 7.22. The van der Waals surface area contributed by atoms with Crippen LogP contribution in [0.25, 0.3) is 10.2 Å². The number of hydrogen-bond acceptors (Lipinski definition) is 4. The van der Waals surface area contributed by atoms with Crippen LogP contribution >= 0.6 is 11.3 Å². The molecule has 1 amide bonds. The van der Waals surface area contributed by atoms with E-state index in [0.717, 1.165) is 11.2 Å². The quantitative estimate of drug-likeness (QED) is 0.720. The average molecular weight is 374 g/mol. The molecule has 7 heteroatoms. The van der Waals surface area contributed by atoms with Gasteiger partial charge in [0.1, 0.15) is 11.6 Å². The number of rotatable bonds is 6. The number of hydrogen-bond donors (Lipinski definition) is 1. The summed E-state index contributed by atoms with van der Waals surface area (Å²) in [5.74, 6) is 0.0307. The number of carbonyl (C=O) groups excluding carboxylic acids is 1. The molecular weight excluding hydrogens is 353 g/mol. The first-order valence-electron chi connectivity index (χ1n) is 8.29. The molecule has 0 saturated heterocycles. The number of nitrogens with one attached hydrogen (secondary N) is 1. The standard InChI is InChI=1S/C19H20FN3O2S/c1-22(2)10-11-23(18(24)14-6-4-5-7-16(14)25-3)19-21-15-9-8-13(20)12-17(15)26-19/h4-9,12H,10-11H2,1-3H3/p+1. The van der Waals surface area contributed by atoms with Gasteiger partial charge in [0.15, 0.2) is 5.13 Å². The number of fused-ring (bicyclic) bond motifs is 1. The molecule has 136 valence electrons. The molecule has 0 unspecified atom stereocenters. The lowest BCUT2D eigenvalue weighted by Crippen LogP contribution is -3.06. The number of nitrogens with zero attached hydrogens (tertiary/aromatic N) is 2. The largest absolute Gasteiger partial charge is 0.496 e. The van der Waals surface area contributed by atoms with E-state index in [9.17, 15) is 9.18 Å². The lowest BCUT2D eigenvalue weighted by molar-refractivity contribution is -0.856. The van der Waals surface area contributed by atoms with Gasteiger partial charge >= 0.3 is 0 Å². The number of benzene rings is 2. The molecule has 0 fully saturated rings. The Morgan fingerprint density at radius 2 is 2.04 bits per heavy atom. The molecule has 2 aromatic carbocycles. The Hall–Kier alpha value is -2.51. The zero-order valence-electron chi connectivity index (χ0n) is 15.0. The minimum Gasteiger partial charge on any atom is -0.496 e. The molecule has 26 heavy (non-hydrogen) atoms. The van der Waals surface area contributed by atoms with Gasteiger partial charge in [-0.25, -0.2) is 9.37 Å². The van der Waals surface area contributed by atoms with Gasteiger partial charge in [-0.2, -0.15) is 0 Å². The van der Waals surface area contributed by atoms with Crippen LogP contribution in [-0.2, 0) is 0 Å². The first kappa shape index (κ1) is 18.3.